The molecular weight excluding hydrogens is 412 g/mol. The average Bonchev–Trinajstić information content (AvgIpc) is 3.33. The van der Waals surface area contributed by atoms with Crippen LogP contribution < -0.4 is 0 Å². The maximum Gasteiger partial charge on any atom is 0.253 e. The highest BCUT2D eigenvalue weighted by atomic mass is 16.2. The van der Waals surface area contributed by atoms with E-state index in [1.807, 2.05) is 59.5 Å². The largest absolute Gasteiger partial charge is 0.336 e. The second-order valence-electron chi connectivity index (χ2n) is 8.35. The van der Waals surface area contributed by atoms with E-state index in [1.165, 1.54) is 5.56 Å². The van der Waals surface area contributed by atoms with E-state index >= 15 is 0 Å². The van der Waals surface area contributed by atoms with E-state index in [9.17, 15) is 4.79 Å². The molecule has 0 radical (unpaired) electrons. The van der Waals surface area contributed by atoms with E-state index in [0.717, 1.165) is 41.3 Å². The molecule has 1 aliphatic heterocycles. The number of carbonyl (C=O) groups excluding carboxylic acids is 1. The van der Waals surface area contributed by atoms with Gasteiger partial charge in [0.25, 0.3) is 5.91 Å². The summed E-state index contributed by atoms with van der Waals surface area (Å²) in [5.74, 6) is 0.883. The molecular formula is C26H26N6O. The number of amides is 1. The summed E-state index contributed by atoms with van der Waals surface area (Å²) in [6.45, 7) is 5.65. The average molecular weight is 439 g/mol. The smallest absolute Gasteiger partial charge is 0.253 e. The third-order valence-electron chi connectivity index (χ3n) is 6.08. The first kappa shape index (κ1) is 21.0. The maximum atomic E-state index is 13.0. The van der Waals surface area contributed by atoms with Crippen LogP contribution >= 0.6 is 0 Å². The molecule has 5 rings (SSSR count). The Morgan fingerprint density at radius 3 is 2.18 bits per heavy atom. The highest BCUT2D eigenvalue weighted by Crippen LogP contribution is 2.20. The molecule has 1 fully saturated rings. The summed E-state index contributed by atoms with van der Waals surface area (Å²) >= 11 is 0. The summed E-state index contributed by atoms with van der Waals surface area (Å²) in [7, 11) is 0. The lowest BCUT2D eigenvalue weighted by Gasteiger charge is -2.34. The van der Waals surface area contributed by atoms with Gasteiger partial charge in [-0.25, -0.2) is 0 Å². The Bertz CT molecular complexity index is 1210. The van der Waals surface area contributed by atoms with Gasteiger partial charge in [-0.15, -0.1) is 5.10 Å². The van der Waals surface area contributed by atoms with Crippen molar-refractivity contribution >= 4 is 5.91 Å². The van der Waals surface area contributed by atoms with Gasteiger partial charge < -0.3 is 4.90 Å². The standard InChI is InChI=1S/C26H26N6O/c1-20-7-13-24(14-8-20)32-25(27-28-29-32)19-30-15-17-31(18-16-30)26(33)23-11-9-22(10-12-23)21-5-3-2-4-6-21/h2-14H,15-19H2,1H3. The van der Waals surface area contributed by atoms with E-state index in [2.05, 4.69) is 51.6 Å². The summed E-state index contributed by atoms with van der Waals surface area (Å²) in [5.41, 5.74) is 5.14. The first-order valence-electron chi connectivity index (χ1n) is 11.2. The van der Waals surface area contributed by atoms with E-state index in [-0.39, 0.29) is 5.91 Å². The number of nitrogens with zero attached hydrogens (tertiary/aromatic N) is 6. The number of hydrogen-bond acceptors (Lipinski definition) is 5. The molecule has 1 aromatic heterocycles. The van der Waals surface area contributed by atoms with Gasteiger partial charge >= 0.3 is 0 Å². The van der Waals surface area contributed by atoms with E-state index < -0.39 is 0 Å². The van der Waals surface area contributed by atoms with Crippen LogP contribution in [-0.2, 0) is 6.54 Å². The second-order valence-corrected chi connectivity index (χ2v) is 8.35. The third kappa shape index (κ3) is 4.68. The number of aromatic nitrogens is 4. The number of tetrazole rings is 1. The zero-order valence-electron chi connectivity index (χ0n) is 18.6. The Balaban J connectivity index is 1.19. The van der Waals surface area contributed by atoms with Crippen molar-refractivity contribution in [3.63, 3.8) is 0 Å². The zero-order valence-corrected chi connectivity index (χ0v) is 18.6. The number of aryl methyl sites for hydroxylation is 1. The first-order chi connectivity index (χ1) is 16.2. The topological polar surface area (TPSA) is 67.2 Å². The van der Waals surface area contributed by atoms with Crippen LogP contribution in [0.2, 0.25) is 0 Å². The van der Waals surface area contributed by atoms with Crippen molar-refractivity contribution in [2.24, 2.45) is 0 Å². The molecule has 33 heavy (non-hydrogen) atoms. The molecule has 0 atom stereocenters. The zero-order chi connectivity index (χ0) is 22.6. The number of carbonyl (C=O) groups is 1. The van der Waals surface area contributed by atoms with Gasteiger partial charge in [0.2, 0.25) is 0 Å². The molecule has 7 nitrogen and oxygen atoms in total. The minimum absolute atomic E-state index is 0.0822. The summed E-state index contributed by atoms with van der Waals surface area (Å²) in [6, 6.07) is 26.2. The Hall–Kier alpha value is -3.84. The second kappa shape index (κ2) is 9.34. The van der Waals surface area contributed by atoms with Crippen LogP contribution in [0, 0.1) is 6.92 Å². The first-order valence-corrected chi connectivity index (χ1v) is 11.2. The van der Waals surface area contributed by atoms with Crippen molar-refractivity contribution in [3.8, 4) is 16.8 Å². The Labute approximate surface area is 193 Å². The Kier molecular flexibility index (Phi) is 5.95. The van der Waals surface area contributed by atoms with Crippen molar-refractivity contribution in [2.75, 3.05) is 26.2 Å². The SMILES string of the molecule is Cc1ccc(-n2nnnc2CN2CCN(C(=O)c3ccc(-c4ccccc4)cc3)CC2)cc1. The van der Waals surface area contributed by atoms with Crippen LogP contribution in [0.25, 0.3) is 16.8 Å². The highest BCUT2D eigenvalue weighted by Gasteiger charge is 2.23. The quantitative estimate of drug-likeness (QED) is 0.476. The highest BCUT2D eigenvalue weighted by molar-refractivity contribution is 5.94. The van der Waals surface area contributed by atoms with Gasteiger partial charge in [-0.2, -0.15) is 4.68 Å². The molecule has 0 aliphatic carbocycles. The van der Waals surface area contributed by atoms with Crippen molar-refractivity contribution in [3.05, 3.63) is 95.8 Å². The lowest BCUT2D eigenvalue weighted by atomic mass is 10.0. The van der Waals surface area contributed by atoms with Crippen molar-refractivity contribution in [1.82, 2.24) is 30.0 Å². The van der Waals surface area contributed by atoms with Crippen LogP contribution in [0.15, 0.2) is 78.9 Å². The third-order valence-corrected chi connectivity index (χ3v) is 6.08. The maximum absolute atomic E-state index is 13.0. The molecule has 1 saturated heterocycles. The van der Waals surface area contributed by atoms with Gasteiger partial charge in [0.1, 0.15) is 0 Å². The van der Waals surface area contributed by atoms with E-state index in [1.54, 1.807) is 4.68 Å². The normalized spacial score (nSPS) is 14.4. The lowest BCUT2D eigenvalue weighted by molar-refractivity contribution is 0.0624. The van der Waals surface area contributed by atoms with E-state index in [0.29, 0.717) is 19.6 Å². The Morgan fingerprint density at radius 1 is 0.818 bits per heavy atom. The van der Waals surface area contributed by atoms with Crippen LogP contribution in [-0.4, -0.2) is 62.1 Å². The predicted molar refractivity (Wildman–Crippen MR) is 127 cm³/mol. The molecule has 2 heterocycles. The Morgan fingerprint density at radius 2 is 1.48 bits per heavy atom. The summed E-state index contributed by atoms with van der Waals surface area (Å²) in [5, 5.41) is 12.3. The lowest BCUT2D eigenvalue weighted by Crippen LogP contribution is -2.48. The number of benzene rings is 3. The molecule has 0 bridgehead atoms. The van der Waals surface area contributed by atoms with Crippen LogP contribution in [0.3, 0.4) is 0 Å². The summed E-state index contributed by atoms with van der Waals surface area (Å²) in [4.78, 5) is 17.2. The molecule has 3 aromatic carbocycles. The fraction of sp³-hybridized carbons (Fsp3) is 0.231. The molecule has 0 N–H and O–H groups in total. The van der Waals surface area contributed by atoms with Crippen molar-refractivity contribution in [1.29, 1.82) is 0 Å². The fourth-order valence-corrected chi connectivity index (χ4v) is 4.12. The van der Waals surface area contributed by atoms with Crippen molar-refractivity contribution < 1.29 is 4.79 Å². The molecule has 0 saturated carbocycles. The van der Waals surface area contributed by atoms with Gasteiger partial charge in [-0.05, 0) is 52.7 Å². The van der Waals surface area contributed by atoms with Gasteiger partial charge in [0.15, 0.2) is 5.82 Å². The molecule has 166 valence electrons. The predicted octanol–water partition coefficient (Wildman–Crippen LogP) is 3.60. The van der Waals surface area contributed by atoms with Gasteiger partial charge in [0.05, 0.1) is 12.2 Å². The molecule has 7 heteroatoms. The number of hydrogen-bond donors (Lipinski definition) is 0. The van der Waals surface area contributed by atoms with Crippen LogP contribution in [0.1, 0.15) is 21.7 Å². The van der Waals surface area contributed by atoms with Crippen LogP contribution in [0.5, 0.6) is 0 Å². The minimum atomic E-state index is 0.0822. The summed E-state index contributed by atoms with van der Waals surface area (Å²) in [6.07, 6.45) is 0. The fourth-order valence-electron chi connectivity index (χ4n) is 4.12. The van der Waals surface area contributed by atoms with E-state index in [4.69, 9.17) is 0 Å². The number of rotatable bonds is 5. The monoisotopic (exact) mass is 438 g/mol. The molecule has 0 unspecified atom stereocenters. The van der Waals surface area contributed by atoms with Crippen molar-refractivity contribution in [2.45, 2.75) is 13.5 Å². The molecule has 0 spiro atoms. The van der Waals surface area contributed by atoms with Crippen LogP contribution in [0.4, 0.5) is 0 Å². The van der Waals surface area contributed by atoms with Gasteiger partial charge in [0, 0.05) is 31.7 Å². The number of piperazine rings is 1. The molecule has 4 aromatic rings. The van der Waals surface area contributed by atoms with Gasteiger partial charge in [-0.3, -0.25) is 9.69 Å². The van der Waals surface area contributed by atoms with Gasteiger partial charge in [-0.1, -0.05) is 60.2 Å². The molecule has 1 amide bonds. The molecule has 1 aliphatic rings. The minimum Gasteiger partial charge on any atom is -0.336 e. The summed E-state index contributed by atoms with van der Waals surface area (Å²) < 4.78 is 1.78.